The average molecular weight is 208 g/mol. The third-order valence-corrected chi connectivity index (χ3v) is 1.33. The number of hydrazine groups is 1. The molecular weight excluding hydrogens is 201 g/mol. The minimum absolute atomic E-state index is 0. The number of carbonyl (C=O) groups is 1. The number of rotatable bonds is 1. The van der Waals surface area contributed by atoms with E-state index in [1.54, 1.807) is 0 Å². The number of nitrogen functional groups attached to an aromatic ring is 1. The molecule has 0 spiro atoms. The van der Waals surface area contributed by atoms with Gasteiger partial charge in [-0.3, -0.25) is 10.2 Å². The number of hydrogen-bond acceptors (Lipinski definition) is 3. The predicted molar refractivity (Wildman–Crippen MR) is 48.1 cm³/mol. The molecule has 1 amide bonds. The molecule has 3 N–H and O–H groups in total. The van der Waals surface area contributed by atoms with E-state index in [0.29, 0.717) is 5.56 Å². The highest BCUT2D eigenvalue weighted by Gasteiger charge is 2.02. The number of nitrogens with one attached hydrogen (secondary N) is 1. The van der Waals surface area contributed by atoms with Gasteiger partial charge in [-0.25, -0.2) is 10.8 Å². The van der Waals surface area contributed by atoms with Gasteiger partial charge in [-0.05, 0) is 12.1 Å². The molecule has 0 saturated carbocycles. The van der Waals surface area contributed by atoms with E-state index in [9.17, 15) is 4.79 Å². The standard InChI is InChI=1S/C6H6ClN3O.ClH/c7-5-3-4(1-2-9-5)6(11)10-8;/h1-3H,8H2,(H,10,11);1H. The van der Waals surface area contributed by atoms with Crippen LogP contribution in [0.3, 0.4) is 0 Å². The number of nitrogens with two attached hydrogens (primary N) is 1. The fraction of sp³-hybridized carbons (Fsp3) is 0. The normalized spacial score (nSPS) is 8.50. The minimum atomic E-state index is -0.380. The molecule has 0 fully saturated rings. The molecule has 66 valence electrons. The molecule has 1 aromatic rings. The molecular formula is C6H7Cl2N3O. The molecule has 0 atom stereocenters. The van der Waals surface area contributed by atoms with E-state index in [1.165, 1.54) is 18.3 Å². The van der Waals surface area contributed by atoms with Gasteiger partial charge in [-0.15, -0.1) is 12.4 Å². The monoisotopic (exact) mass is 207 g/mol. The van der Waals surface area contributed by atoms with Crippen molar-refractivity contribution < 1.29 is 4.79 Å². The SMILES string of the molecule is Cl.NNC(=O)c1ccnc(Cl)c1. The summed E-state index contributed by atoms with van der Waals surface area (Å²) >= 11 is 5.51. The molecule has 0 aliphatic carbocycles. The van der Waals surface area contributed by atoms with E-state index in [-0.39, 0.29) is 23.5 Å². The topological polar surface area (TPSA) is 68.0 Å². The van der Waals surface area contributed by atoms with Crippen molar-refractivity contribution in [1.82, 2.24) is 10.4 Å². The van der Waals surface area contributed by atoms with Crippen molar-refractivity contribution in [2.24, 2.45) is 5.84 Å². The summed E-state index contributed by atoms with van der Waals surface area (Å²) in [4.78, 5) is 14.5. The van der Waals surface area contributed by atoms with E-state index in [1.807, 2.05) is 5.43 Å². The summed E-state index contributed by atoms with van der Waals surface area (Å²) in [6.45, 7) is 0. The summed E-state index contributed by atoms with van der Waals surface area (Å²) in [6.07, 6.45) is 1.44. The van der Waals surface area contributed by atoms with E-state index < -0.39 is 0 Å². The summed E-state index contributed by atoms with van der Waals surface area (Å²) in [5, 5.41) is 0.270. The van der Waals surface area contributed by atoms with Gasteiger partial charge in [-0.1, -0.05) is 11.6 Å². The fourth-order valence-corrected chi connectivity index (χ4v) is 0.801. The summed E-state index contributed by atoms with van der Waals surface area (Å²) in [6, 6.07) is 2.96. The lowest BCUT2D eigenvalue weighted by Gasteiger charge is -1.97. The van der Waals surface area contributed by atoms with Gasteiger partial charge >= 0.3 is 0 Å². The van der Waals surface area contributed by atoms with Crippen molar-refractivity contribution in [2.45, 2.75) is 0 Å². The van der Waals surface area contributed by atoms with Crippen molar-refractivity contribution in [3.8, 4) is 0 Å². The third-order valence-electron chi connectivity index (χ3n) is 1.12. The molecule has 1 heterocycles. The van der Waals surface area contributed by atoms with E-state index in [0.717, 1.165) is 0 Å². The molecule has 6 heteroatoms. The Morgan fingerprint density at radius 3 is 2.83 bits per heavy atom. The first-order chi connectivity index (χ1) is 5.24. The van der Waals surface area contributed by atoms with E-state index in [4.69, 9.17) is 17.4 Å². The van der Waals surface area contributed by atoms with E-state index in [2.05, 4.69) is 4.98 Å². The highest BCUT2D eigenvalue weighted by Crippen LogP contribution is 2.05. The summed E-state index contributed by atoms with van der Waals surface area (Å²) in [7, 11) is 0. The van der Waals surface area contributed by atoms with E-state index >= 15 is 0 Å². The van der Waals surface area contributed by atoms with Crippen LogP contribution in [0, 0.1) is 0 Å². The molecule has 0 radical (unpaired) electrons. The van der Waals surface area contributed by atoms with Gasteiger partial charge < -0.3 is 0 Å². The first-order valence-electron chi connectivity index (χ1n) is 2.86. The molecule has 0 saturated heterocycles. The first-order valence-corrected chi connectivity index (χ1v) is 3.24. The number of nitrogens with zero attached hydrogens (tertiary/aromatic N) is 1. The largest absolute Gasteiger partial charge is 0.290 e. The van der Waals surface area contributed by atoms with Crippen LogP contribution in [0.2, 0.25) is 5.15 Å². The molecule has 0 bridgehead atoms. The molecule has 0 aliphatic rings. The Hall–Kier alpha value is -0.840. The number of pyridine rings is 1. The Morgan fingerprint density at radius 1 is 1.67 bits per heavy atom. The predicted octanol–water partition coefficient (Wildman–Crippen LogP) is 0.760. The summed E-state index contributed by atoms with van der Waals surface area (Å²) < 4.78 is 0. The van der Waals surface area contributed by atoms with Gasteiger partial charge in [0.05, 0.1) is 0 Å². The fourth-order valence-electron chi connectivity index (χ4n) is 0.627. The lowest BCUT2D eigenvalue weighted by Crippen LogP contribution is -2.29. The Labute approximate surface area is 80.5 Å². The smallest absolute Gasteiger partial charge is 0.265 e. The molecule has 0 aromatic carbocycles. The number of carbonyl (C=O) groups excluding carboxylic acids is 1. The summed E-state index contributed by atoms with van der Waals surface area (Å²) in [5.74, 6) is 4.51. The lowest BCUT2D eigenvalue weighted by atomic mass is 10.3. The maximum atomic E-state index is 10.8. The highest BCUT2D eigenvalue weighted by molar-refractivity contribution is 6.29. The van der Waals surface area contributed by atoms with Gasteiger partial charge in [0.1, 0.15) is 5.15 Å². The molecule has 1 rings (SSSR count). The minimum Gasteiger partial charge on any atom is -0.290 e. The van der Waals surface area contributed by atoms with Crippen LogP contribution < -0.4 is 11.3 Å². The molecule has 4 nitrogen and oxygen atoms in total. The van der Waals surface area contributed by atoms with Crippen molar-refractivity contribution in [1.29, 1.82) is 0 Å². The Kier molecular flexibility index (Phi) is 4.58. The van der Waals surface area contributed by atoms with Gasteiger partial charge in [0.15, 0.2) is 0 Å². The Balaban J connectivity index is 0.00000121. The van der Waals surface area contributed by atoms with Crippen LogP contribution in [-0.4, -0.2) is 10.9 Å². The maximum Gasteiger partial charge on any atom is 0.265 e. The van der Waals surface area contributed by atoms with Crippen LogP contribution >= 0.6 is 24.0 Å². The quantitative estimate of drug-likeness (QED) is 0.310. The Morgan fingerprint density at radius 2 is 2.33 bits per heavy atom. The lowest BCUT2D eigenvalue weighted by molar-refractivity contribution is 0.0953. The maximum absolute atomic E-state index is 10.8. The van der Waals surface area contributed by atoms with Crippen molar-refractivity contribution in [3.63, 3.8) is 0 Å². The van der Waals surface area contributed by atoms with Crippen LogP contribution in [0.5, 0.6) is 0 Å². The van der Waals surface area contributed by atoms with Crippen LogP contribution in [-0.2, 0) is 0 Å². The second kappa shape index (κ2) is 4.92. The zero-order chi connectivity index (χ0) is 8.27. The number of halogens is 2. The van der Waals surface area contributed by atoms with Gasteiger partial charge in [0.25, 0.3) is 5.91 Å². The third kappa shape index (κ3) is 2.65. The van der Waals surface area contributed by atoms with Crippen LogP contribution in [0.15, 0.2) is 18.3 Å². The summed E-state index contributed by atoms with van der Waals surface area (Å²) in [5.41, 5.74) is 2.38. The molecule has 0 unspecified atom stereocenters. The van der Waals surface area contributed by atoms with Crippen LogP contribution in [0.25, 0.3) is 0 Å². The number of hydrogen-bond donors (Lipinski definition) is 2. The van der Waals surface area contributed by atoms with Gasteiger partial charge in [-0.2, -0.15) is 0 Å². The van der Waals surface area contributed by atoms with Crippen LogP contribution in [0.4, 0.5) is 0 Å². The average Bonchev–Trinajstić information content (AvgIpc) is 2.03. The number of aromatic nitrogens is 1. The molecule has 1 aromatic heterocycles. The second-order valence-corrected chi connectivity index (χ2v) is 2.23. The number of amides is 1. The molecule has 12 heavy (non-hydrogen) atoms. The zero-order valence-corrected chi connectivity index (χ0v) is 7.52. The van der Waals surface area contributed by atoms with Crippen molar-refractivity contribution in [2.75, 3.05) is 0 Å². The van der Waals surface area contributed by atoms with Gasteiger partial charge in [0, 0.05) is 11.8 Å². The second-order valence-electron chi connectivity index (χ2n) is 1.84. The van der Waals surface area contributed by atoms with Crippen molar-refractivity contribution >= 4 is 29.9 Å². The Bertz CT molecular complexity index is 279. The van der Waals surface area contributed by atoms with Crippen molar-refractivity contribution in [3.05, 3.63) is 29.0 Å². The molecule has 0 aliphatic heterocycles. The van der Waals surface area contributed by atoms with Crippen LogP contribution in [0.1, 0.15) is 10.4 Å². The van der Waals surface area contributed by atoms with Gasteiger partial charge in [0.2, 0.25) is 0 Å². The highest BCUT2D eigenvalue weighted by atomic mass is 35.5. The first kappa shape index (κ1) is 11.2. The zero-order valence-electron chi connectivity index (χ0n) is 5.95.